The van der Waals surface area contributed by atoms with Crippen molar-refractivity contribution in [1.29, 1.82) is 0 Å². The van der Waals surface area contributed by atoms with Crippen LogP contribution in [0.1, 0.15) is 28.8 Å². The van der Waals surface area contributed by atoms with Crippen molar-refractivity contribution < 1.29 is 19.1 Å². The fourth-order valence-electron chi connectivity index (χ4n) is 2.79. The van der Waals surface area contributed by atoms with Crippen LogP contribution >= 0.6 is 11.6 Å². The SMILES string of the molecule is COC(=O)c1ccc(Cl)c(NC(=O)C2(c3ccc(OC)cc3)CC2)c1. The van der Waals surface area contributed by atoms with Crippen LogP contribution in [0.2, 0.25) is 5.02 Å². The number of nitrogens with one attached hydrogen (secondary N) is 1. The number of ether oxygens (including phenoxy) is 2. The number of halogens is 1. The Labute approximate surface area is 150 Å². The lowest BCUT2D eigenvalue weighted by Gasteiger charge is -2.17. The molecule has 1 saturated carbocycles. The third-order valence-corrected chi connectivity index (χ3v) is 4.79. The summed E-state index contributed by atoms with van der Waals surface area (Å²) in [6, 6.07) is 12.1. The maximum absolute atomic E-state index is 12.8. The molecule has 1 amide bonds. The predicted molar refractivity (Wildman–Crippen MR) is 95.3 cm³/mol. The third-order valence-electron chi connectivity index (χ3n) is 4.46. The molecule has 6 heteroatoms. The average Bonchev–Trinajstić information content (AvgIpc) is 3.45. The number of esters is 1. The highest BCUT2D eigenvalue weighted by atomic mass is 35.5. The van der Waals surface area contributed by atoms with E-state index in [1.165, 1.54) is 13.2 Å². The molecule has 0 spiro atoms. The van der Waals surface area contributed by atoms with Crippen molar-refractivity contribution in [1.82, 2.24) is 0 Å². The van der Waals surface area contributed by atoms with E-state index in [0.717, 1.165) is 24.2 Å². The quantitative estimate of drug-likeness (QED) is 0.824. The Kier molecular flexibility index (Phi) is 4.68. The fraction of sp³-hybridized carbons (Fsp3) is 0.263. The van der Waals surface area contributed by atoms with E-state index in [2.05, 4.69) is 5.32 Å². The van der Waals surface area contributed by atoms with Gasteiger partial charge in [-0.15, -0.1) is 0 Å². The van der Waals surface area contributed by atoms with Gasteiger partial charge in [0.1, 0.15) is 5.75 Å². The molecule has 0 bridgehead atoms. The molecule has 0 unspecified atom stereocenters. The smallest absolute Gasteiger partial charge is 0.337 e. The average molecular weight is 360 g/mol. The molecule has 0 heterocycles. The Hall–Kier alpha value is -2.53. The normalized spacial score (nSPS) is 14.5. The maximum Gasteiger partial charge on any atom is 0.337 e. The number of amides is 1. The first-order valence-corrected chi connectivity index (χ1v) is 8.22. The van der Waals surface area contributed by atoms with Gasteiger partial charge in [-0.3, -0.25) is 4.79 Å². The molecule has 0 radical (unpaired) electrons. The first-order chi connectivity index (χ1) is 12.0. The van der Waals surface area contributed by atoms with Crippen molar-refractivity contribution in [3.63, 3.8) is 0 Å². The van der Waals surface area contributed by atoms with Gasteiger partial charge in [0.05, 0.1) is 35.9 Å². The third kappa shape index (κ3) is 3.33. The Morgan fingerprint density at radius 1 is 1.08 bits per heavy atom. The first kappa shape index (κ1) is 17.3. The summed E-state index contributed by atoms with van der Waals surface area (Å²) in [7, 11) is 2.91. The lowest BCUT2D eigenvalue weighted by atomic mass is 9.94. The summed E-state index contributed by atoms with van der Waals surface area (Å²) in [6.07, 6.45) is 1.53. The number of hydrogen-bond acceptors (Lipinski definition) is 4. The minimum atomic E-state index is -0.559. The molecule has 1 aliphatic rings. The summed E-state index contributed by atoms with van der Waals surface area (Å²) in [6.45, 7) is 0. The Morgan fingerprint density at radius 2 is 1.76 bits per heavy atom. The second-order valence-electron chi connectivity index (χ2n) is 5.95. The summed E-state index contributed by atoms with van der Waals surface area (Å²) in [4.78, 5) is 24.5. The molecule has 2 aromatic rings. The van der Waals surface area contributed by atoms with Gasteiger partial charge in [0.15, 0.2) is 0 Å². The number of hydrogen-bond donors (Lipinski definition) is 1. The zero-order valence-corrected chi connectivity index (χ0v) is 14.7. The van der Waals surface area contributed by atoms with Crippen LogP contribution in [0.4, 0.5) is 5.69 Å². The Morgan fingerprint density at radius 3 is 2.32 bits per heavy atom. The minimum Gasteiger partial charge on any atom is -0.497 e. The second kappa shape index (κ2) is 6.76. The number of rotatable bonds is 5. The van der Waals surface area contributed by atoms with Gasteiger partial charge < -0.3 is 14.8 Å². The predicted octanol–water partition coefficient (Wildman–Crippen LogP) is 3.81. The second-order valence-corrected chi connectivity index (χ2v) is 6.36. The first-order valence-electron chi connectivity index (χ1n) is 7.84. The molecule has 1 N–H and O–H groups in total. The van der Waals surface area contributed by atoms with Crippen molar-refractivity contribution >= 4 is 29.2 Å². The summed E-state index contributed by atoms with van der Waals surface area (Å²) in [5, 5.41) is 3.22. The monoisotopic (exact) mass is 359 g/mol. The molecular formula is C19H18ClNO4. The molecule has 3 rings (SSSR count). The maximum atomic E-state index is 12.8. The van der Waals surface area contributed by atoms with Crippen LogP contribution in [0.15, 0.2) is 42.5 Å². The molecule has 0 aromatic heterocycles. The van der Waals surface area contributed by atoms with Gasteiger partial charge in [-0.1, -0.05) is 23.7 Å². The highest BCUT2D eigenvalue weighted by molar-refractivity contribution is 6.34. The van der Waals surface area contributed by atoms with E-state index < -0.39 is 11.4 Å². The van der Waals surface area contributed by atoms with Crippen LogP contribution in [0.3, 0.4) is 0 Å². The van der Waals surface area contributed by atoms with Gasteiger partial charge in [-0.05, 0) is 48.7 Å². The van der Waals surface area contributed by atoms with Crippen molar-refractivity contribution in [2.75, 3.05) is 19.5 Å². The summed E-state index contributed by atoms with van der Waals surface area (Å²) < 4.78 is 9.86. The van der Waals surface area contributed by atoms with E-state index in [-0.39, 0.29) is 5.91 Å². The van der Waals surface area contributed by atoms with Crippen LogP contribution in [0.5, 0.6) is 5.75 Å². The lowest BCUT2D eigenvalue weighted by molar-refractivity contribution is -0.118. The van der Waals surface area contributed by atoms with Crippen LogP contribution in [0.25, 0.3) is 0 Å². The molecule has 0 atom stereocenters. The van der Waals surface area contributed by atoms with Crippen LogP contribution in [-0.4, -0.2) is 26.1 Å². The minimum absolute atomic E-state index is 0.137. The highest BCUT2D eigenvalue weighted by Gasteiger charge is 2.51. The molecular weight excluding hydrogens is 342 g/mol. The zero-order chi connectivity index (χ0) is 18.0. The van der Waals surface area contributed by atoms with E-state index in [9.17, 15) is 9.59 Å². The lowest BCUT2D eigenvalue weighted by Crippen LogP contribution is -2.28. The van der Waals surface area contributed by atoms with Crippen LogP contribution in [-0.2, 0) is 14.9 Å². The Bertz CT molecular complexity index is 813. The van der Waals surface area contributed by atoms with Crippen molar-refractivity contribution in [2.24, 2.45) is 0 Å². The van der Waals surface area contributed by atoms with Gasteiger partial charge in [-0.2, -0.15) is 0 Å². The molecule has 1 fully saturated rings. The topological polar surface area (TPSA) is 64.6 Å². The number of anilines is 1. The van der Waals surface area contributed by atoms with Gasteiger partial charge in [-0.25, -0.2) is 4.79 Å². The number of methoxy groups -OCH3 is 2. The van der Waals surface area contributed by atoms with E-state index >= 15 is 0 Å². The molecule has 130 valence electrons. The van der Waals surface area contributed by atoms with Crippen LogP contribution in [0, 0.1) is 0 Å². The summed E-state index contributed by atoms with van der Waals surface area (Å²) in [5.41, 5.74) is 1.11. The van der Waals surface area contributed by atoms with Crippen molar-refractivity contribution in [3.8, 4) is 5.75 Å². The van der Waals surface area contributed by atoms with Gasteiger partial charge in [0.2, 0.25) is 5.91 Å². The molecule has 2 aromatic carbocycles. The van der Waals surface area contributed by atoms with Crippen molar-refractivity contribution in [3.05, 3.63) is 58.6 Å². The number of carbonyl (C=O) groups excluding carboxylic acids is 2. The fourth-order valence-corrected chi connectivity index (χ4v) is 2.95. The van der Waals surface area contributed by atoms with Crippen LogP contribution < -0.4 is 10.1 Å². The van der Waals surface area contributed by atoms with Crippen molar-refractivity contribution in [2.45, 2.75) is 18.3 Å². The van der Waals surface area contributed by atoms with E-state index in [1.807, 2.05) is 24.3 Å². The Balaban J connectivity index is 1.83. The van der Waals surface area contributed by atoms with E-state index in [4.69, 9.17) is 21.1 Å². The molecule has 5 nitrogen and oxygen atoms in total. The molecule has 0 aliphatic heterocycles. The summed E-state index contributed by atoms with van der Waals surface area (Å²) >= 11 is 6.16. The zero-order valence-electron chi connectivity index (χ0n) is 14.0. The van der Waals surface area contributed by atoms with Gasteiger partial charge >= 0.3 is 5.97 Å². The van der Waals surface area contributed by atoms with Gasteiger partial charge in [0.25, 0.3) is 0 Å². The number of benzene rings is 2. The molecule has 25 heavy (non-hydrogen) atoms. The van der Waals surface area contributed by atoms with E-state index in [1.54, 1.807) is 19.2 Å². The largest absolute Gasteiger partial charge is 0.497 e. The molecule has 0 saturated heterocycles. The highest BCUT2D eigenvalue weighted by Crippen LogP contribution is 2.49. The number of carbonyl (C=O) groups is 2. The van der Waals surface area contributed by atoms with E-state index in [0.29, 0.717) is 16.3 Å². The standard InChI is InChI=1S/C19H18ClNO4/c1-24-14-6-4-13(5-7-14)19(9-10-19)18(23)21-16-11-12(17(22)25-2)3-8-15(16)20/h3-8,11H,9-10H2,1-2H3,(H,21,23). The summed E-state index contributed by atoms with van der Waals surface area (Å²) in [5.74, 6) is 0.124. The molecule has 1 aliphatic carbocycles. The van der Waals surface area contributed by atoms with Gasteiger partial charge in [0, 0.05) is 0 Å².